The zero-order chi connectivity index (χ0) is 12.5. The predicted octanol–water partition coefficient (Wildman–Crippen LogP) is 2.57. The molecular formula is C14H27ClN2O. The number of carbonyl (C=O) groups excluding carboxylic acids is 1. The summed E-state index contributed by atoms with van der Waals surface area (Å²) >= 11 is 0. The van der Waals surface area contributed by atoms with Gasteiger partial charge in [-0.3, -0.25) is 4.79 Å². The zero-order valence-electron chi connectivity index (χ0n) is 11.7. The lowest BCUT2D eigenvalue weighted by Crippen LogP contribution is -2.36. The van der Waals surface area contributed by atoms with Crippen LogP contribution in [0.3, 0.4) is 0 Å². The van der Waals surface area contributed by atoms with Crippen LogP contribution in [-0.4, -0.2) is 29.9 Å². The van der Waals surface area contributed by atoms with Crippen molar-refractivity contribution in [3.8, 4) is 0 Å². The van der Waals surface area contributed by atoms with Crippen LogP contribution in [0.15, 0.2) is 0 Å². The van der Waals surface area contributed by atoms with Gasteiger partial charge in [-0.05, 0) is 43.9 Å². The van der Waals surface area contributed by atoms with E-state index in [-0.39, 0.29) is 24.4 Å². The summed E-state index contributed by atoms with van der Waals surface area (Å²) in [4.78, 5) is 14.5. The van der Waals surface area contributed by atoms with Gasteiger partial charge < -0.3 is 10.6 Å². The molecule has 1 aliphatic carbocycles. The molecule has 4 heteroatoms. The third-order valence-electron chi connectivity index (χ3n) is 5.07. The highest BCUT2D eigenvalue weighted by Gasteiger charge is 2.40. The molecule has 0 radical (unpaired) electrons. The number of likely N-dealkylation sites (tertiary alicyclic amines) is 1. The molecular weight excluding hydrogens is 248 g/mol. The number of rotatable bonds is 3. The second kappa shape index (κ2) is 6.25. The fraction of sp³-hybridized carbons (Fsp3) is 0.929. The van der Waals surface area contributed by atoms with Crippen LogP contribution in [0.4, 0.5) is 0 Å². The van der Waals surface area contributed by atoms with Crippen molar-refractivity contribution >= 4 is 18.3 Å². The molecule has 3 nitrogen and oxygen atoms in total. The summed E-state index contributed by atoms with van der Waals surface area (Å²) in [5.74, 6) is 0.594. The lowest BCUT2D eigenvalue weighted by Gasteiger charge is -2.27. The van der Waals surface area contributed by atoms with Gasteiger partial charge in [-0.15, -0.1) is 12.4 Å². The molecule has 1 heterocycles. The molecule has 0 aromatic carbocycles. The Morgan fingerprint density at radius 2 is 2.00 bits per heavy atom. The molecule has 1 saturated heterocycles. The van der Waals surface area contributed by atoms with E-state index in [1.54, 1.807) is 0 Å². The van der Waals surface area contributed by atoms with Crippen molar-refractivity contribution in [2.75, 3.05) is 13.1 Å². The molecule has 0 aromatic heterocycles. The number of amides is 1. The minimum absolute atomic E-state index is 0. The van der Waals surface area contributed by atoms with E-state index in [1.807, 2.05) is 0 Å². The Kier molecular flexibility index (Phi) is 5.47. The number of carbonyl (C=O) groups is 1. The first kappa shape index (κ1) is 15.8. The van der Waals surface area contributed by atoms with Crippen LogP contribution in [0.5, 0.6) is 0 Å². The van der Waals surface area contributed by atoms with Gasteiger partial charge in [0.2, 0.25) is 5.91 Å². The fourth-order valence-corrected chi connectivity index (χ4v) is 3.45. The van der Waals surface area contributed by atoms with E-state index in [2.05, 4.69) is 18.7 Å². The van der Waals surface area contributed by atoms with Crippen LogP contribution in [0.2, 0.25) is 0 Å². The third-order valence-corrected chi connectivity index (χ3v) is 5.07. The Morgan fingerprint density at radius 3 is 2.44 bits per heavy atom. The van der Waals surface area contributed by atoms with Gasteiger partial charge in [0.25, 0.3) is 0 Å². The number of hydrogen-bond donors (Lipinski definition) is 1. The average molecular weight is 275 g/mol. The minimum Gasteiger partial charge on any atom is -0.342 e. The van der Waals surface area contributed by atoms with Crippen LogP contribution in [0.25, 0.3) is 0 Å². The summed E-state index contributed by atoms with van der Waals surface area (Å²) in [5, 5.41) is 0. The van der Waals surface area contributed by atoms with Gasteiger partial charge in [0.05, 0.1) is 0 Å². The van der Waals surface area contributed by atoms with Crippen LogP contribution < -0.4 is 5.73 Å². The highest BCUT2D eigenvalue weighted by Crippen LogP contribution is 2.38. The summed E-state index contributed by atoms with van der Waals surface area (Å²) in [5.41, 5.74) is 6.30. The molecule has 0 spiro atoms. The van der Waals surface area contributed by atoms with Crippen LogP contribution >= 0.6 is 12.4 Å². The molecule has 106 valence electrons. The molecule has 2 rings (SSSR count). The Balaban J connectivity index is 0.00000162. The molecule has 1 amide bonds. The lowest BCUT2D eigenvalue weighted by molar-refractivity contribution is -0.134. The van der Waals surface area contributed by atoms with Crippen LogP contribution in [-0.2, 0) is 4.79 Å². The van der Waals surface area contributed by atoms with Gasteiger partial charge in [0.15, 0.2) is 0 Å². The van der Waals surface area contributed by atoms with Gasteiger partial charge in [-0.2, -0.15) is 0 Å². The Hall–Kier alpha value is -0.280. The standard InChI is InChI=1S/C14H26N2O.ClH/c1-3-14(4-2)7-8-16(10-14)13(17)11-5-6-12(15)9-11;/h11-12H,3-10,15H2,1-2H3;1H. The third kappa shape index (κ3) is 3.00. The number of nitrogens with two attached hydrogens (primary N) is 1. The van der Waals surface area contributed by atoms with Crippen molar-refractivity contribution in [1.82, 2.24) is 4.90 Å². The lowest BCUT2D eigenvalue weighted by atomic mass is 9.82. The Labute approximate surface area is 117 Å². The quantitative estimate of drug-likeness (QED) is 0.860. The maximum Gasteiger partial charge on any atom is 0.225 e. The van der Waals surface area contributed by atoms with E-state index in [1.165, 1.54) is 19.3 Å². The largest absolute Gasteiger partial charge is 0.342 e. The van der Waals surface area contributed by atoms with Crippen LogP contribution in [0.1, 0.15) is 52.4 Å². The van der Waals surface area contributed by atoms with E-state index in [0.29, 0.717) is 11.3 Å². The van der Waals surface area contributed by atoms with Gasteiger partial charge in [-0.25, -0.2) is 0 Å². The fourth-order valence-electron chi connectivity index (χ4n) is 3.45. The first-order valence-corrected chi connectivity index (χ1v) is 7.14. The second-order valence-electron chi connectivity index (χ2n) is 5.99. The average Bonchev–Trinajstić information content (AvgIpc) is 2.95. The van der Waals surface area contributed by atoms with Crippen molar-refractivity contribution < 1.29 is 4.79 Å². The summed E-state index contributed by atoms with van der Waals surface area (Å²) in [6.45, 7) is 6.45. The normalized spacial score (nSPS) is 30.3. The number of hydrogen-bond acceptors (Lipinski definition) is 2. The Morgan fingerprint density at radius 1 is 1.33 bits per heavy atom. The van der Waals surface area contributed by atoms with Gasteiger partial charge in [-0.1, -0.05) is 13.8 Å². The van der Waals surface area contributed by atoms with E-state index >= 15 is 0 Å². The van der Waals surface area contributed by atoms with E-state index in [0.717, 1.165) is 32.4 Å². The monoisotopic (exact) mass is 274 g/mol. The SMILES string of the molecule is CCC1(CC)CCN(C(=O)C2CCC(N)C2)C1.Cl. The maximum atomic E-state index is 12.4. The first-order chi connectivity index (χ1) is 8.10. The summed E-state index contributed by atoms with van der Waals surface area (Å²) in [6.07, 6.45) is 6.50. The van der Waals surface area contributed by atoms with Crippen molar-refractivity contribution in [3.63, 3.8) is 0 Å². The molecule has 1 aliphatic heterocycles. The number of halogens is 1. The van der Waals surface area contributed by atoms with Crippen molar-refractivity contribution in [2.45, 2.75) is 58.4 Å². The molecule has 2 aliphatic rings. The maximum absolute atomic E-state index is 12.4. The smallest absolute Gasteiger partial charge is 0.225 e. The molecule has 2 N–H and O–H groups in total. The predicted molar refractivity (Wildman–Crippen MR) is 76.8 cm³/mol. The van der Waals surface area contributed by atoms with Gasteiger partial charge in [0.1, 0.15) is 0 Å². The summed E-state index contributed by atoms with van der Waals surface area (Å²) in [6, 6.07) is 0.258. The topological polar surface area (TPSA) is 46.3 Å². The molecule has 2 unspecified atom stereocenters. The van der Waals surface area contributed by atoms with E-state index in [4.69, 9.17) is 5.73 Å². The summed E-state index contributed by atoms with van der Waals surface area (Å²) < 4.78 is 0. The summed E-state index contributed by atoms with van der Waals surface area (Å²) in [7, 11) is 0. The van der Waals surface area contributed by atoms with Crippen LogP contribution in [0, 0.1) is 11.3 Å². The van der Waals surface area contributed by atoms with Gasteiger partial charge in [0, 0.05) is 25.0 Å². The minimum atomic E-state index is 0. The van der Waals surface area contributed by atoms with Crippen molar-refractivity contribution in [3.05, 3.63) is 0 Å². The molecule has 0 bridgehead atoms. The molecule has 2 atom stereocenters. The van der Waals surface area contributed by atoms with Crippen molar-refractivity contribution in [2.24, 2.45) is 17.1 Å². The number of nitrogens with zero attached hydrogens (tertiary/aromatic N) is 1. The highest BCUT2D eigenvalue weighted by molar-refractivity contribution is 5.85. The zero-order valence-corrected chi connectivity index (χ0v) is 12.5. The first-order valence-electron chi connectivity index (χ1n) is 7.14. The highest BCUT2D eigenvalue weighted by atomic mass is 35.5. The van der Waals surface area contributed by atoms with E-state index < -0.39 is 0 Å². The molecule has 2 fully saturated rings. The molecule has 0 aromatic rings. The molecule has 1 saturated carbocycles. The van der Waals surface area contributed by atoms with Gasteiger partial charge >= 0.3 is 0 Å². The van der Waals surface area contributed by atoms with E-state index in [9.17, 15) is 4.79 Å². The van der Waals surface area contributed by atoms with Crippen molar-refractivity contribution in [1.29, 1.82) is 0 Å². The molecule has 18 heavy (non-hydrogen) atoms. The second-order valence-corrected chi connectivity index (χ2v) is 5.99. The Bertz CT molecular complexity index is 292.